The lowest BCUT2D eigenvalue weighted by Crippen LogP contribution is -2.36. The molecule has 1 N–H and O–H groups in total. The van der Waals surface area contributed by atoms with Crippen LogP contribution in [0.3, 0.4) is 0 Å². The van der Waals surface area contributed by atoms with Crippen LogP contribution in [0.25, 0.3) is 10.8 Å². The largest absolute Gasteiger partial charge is 0.496 e. The van der Waals surface area contributed by atoms with E-state index in [0.717, 1.165) is 31.9 Å². The van der Waals surface area contributed by atoms with Gasteiger partial charge in [0.05, 0.1) is 13.7 Å². The van der Waals surface area contributed by atoms with Gasteiger partial charge in [0.1, 0.15) is 5.75 Å². The Labute approximate surface area is 119 Å². The van der Waals surface area contributed by atoms with Crippen LogP contribution >= 0.6 is 0 Å². The number of nitrogens with one attached hydrogen (secondary N) is 1. The number of fused-ring (bicyclic) bond motifs is 1. The van der Waals surface area contributed by atoms with Gasteiger partial charge in [-0.15, -0.1) is 0 Å². The van der Waals surface area contributed by atoms with Crippen LogP contribution in [-0.2, 0) is 11.3 Å². The molecule has 1 aliphatic heterocycles. The van der Waals surface area contributed by atoms with Crippen LogP contribution in [0.5, 0.6) is 5.75 Å². The molecule has 0 aliphatic carbocycles. The quantitative estimate of drug-likeness (QED) is 0.927. The fourth-order valence-electron chi connectivity index (χ4n) is 2.84. The van der Waals surface area contributed by atoms with E-state index in [4.69, 9.17) is 9.47 Å². The van der Waals surface area contributed by atoms with Crippen LogP contribution in [0, 0.1) is 0 Å². The molecule has 1 saturated heterocycles. The summed E-state index contributed by atoms with van der Waals surface area (Å²) in [5.41, 5.74) is 1.23. The van der Waals surface area contributed by atoms with Crippen LogP contribution < -0.4 is 10.1 Å². The van der Waals surface area contributed by atoms with Crippen LogP contribution in [0.15, 0.2) is 36.4 Å². The lowest BCUT2D eigenvalue weighted by Gasteiger charge is -2.24. The van der Waals surface area contributed by atoms with Gasteiger partial charge in [-0.05, 0) is 29.7 Å². The van der Waals surface area contributed by atoms with Gasteiger partial charge in [-0.2, -0.15) is 0 Å². The fraction of sp³-hybridized carbons (Fsp3) is 0.412. The molecule has 0 bridgehead atoms. The lowest BCUT2D eigenvalue weighted by molar-refractivity contribution is 0.0699. The van der Waals surface area contributed by atoms with Gasteiger partial charge in [0.15, 0.2) is 0 Å². The molecule has 2 aromatic rings. The summed E-state index contributed by atoms with van der Waals surface area (Å²) in [5, 5.41) is 6.11. The minimum Gasteiger partial charge on any atom is -0.496 e. The van der Waals surface area contributed by atoms with Gasteiger partial charge in [-0.3, -0.25) is 0 Å². The molecule has 0 amide bonds. The number of rotatable bonds is 4. The molecule has 1 atom stereocenters. The average molecular weight is 271 g/mol. The van der Waals surface area contributed by atoms with Crippen molar-refractivity contribution in [2.24, 2.45) is 0 Å². The van der Waals surface area contributed by atoms with Crippen molar-refractivity contribution in [3.8, 4) is 5.75 Å². The SMILES string of the molecule is COc1ccc2ccccc2c1CNC1CCCOC1. The van der Waals surface area contributed by atoms with Crippen molar-refractivity contribution >= 4 is 10.8 Å². The Bertz CT molecular complexity index is 576. The van der Waals surface area contributed by atoms with E-state index < -0.39 is 0 Å². The van der Waals surface area contributed by atoms with Crippen molar-refractivity contribution in [3.63, 3.8) is 0 Å². The molecule has 0 saturated carbocycles. The molecule has 20 heavy (non-hydrogen) atoms. The Hall–Kier alpha value is -1.58. The first-order valence-corrected chi connectivity index (χ1v) is 7.24. The van der Waals surface area contributed by atoms with E-state index in [9.17, 15) is 0 Å². The molecule has 3 heteroatoms. The van der Waals surface area contributed by atoms with Crippen LogP contribution in [0.1, 0.15) is 18.4 Å². The normalized spacial score (nSPS) is 19.1. The van der Waals surface area contributed by atoms with Crippen molar-refractivity contribution in [2.45, 2.75) is 25.4 Å². The highest BCUT2D eigenvalue weighted by Crippen LogP contribution is 2.28. The Morgan fingerprint density at radius 3 is 2.95 bits per heavy atom. The highest BCUT2D eigenvalue weighted by atomic mass is 16.5. The molecule has 1 fully saturated rings. The maximum atomic E-state index is 5.52. The van der Waals surface area contributed by atoms with Gasteiger partial charge in [0, 0.05) is 24.8 Å². The van der Waals surface area contributed by atoms with Crippen molar-refractivity contribution in [3.05, 3.63) is 42.0 Å². The summed E-state index contributed by atoms with van der Waals surface area (Å²) in [6.45, 7) is 2.53. The van der Waals surface area contributed by atoms with Crippen LogP contribution in [-0.4, -0.2) is 26.4 Å². The highest BCUT2D eigenvalue weighted by molar-refractivity contribution is 5.87. The summed E-state index contributed by atoms with van der Waals surface area (Å²) < 4.78 is 11.0. The monoisotopic (exact) mass is 271 g/mol. The summed E-state index contributed by atoms with van der Waals surface area (Å²) in [4.78, 5) is 0. The summed E-state index contributed by atoms with van der Waals surface area (Å²) in [5.74, 6) is 0.952. The van der Waals surface area contributed by atoms with Gasteiger partial charge in [0.25, 0.3) is 0 Å². The molecule has 0 spiro atoms. The predicted octanol–water partition coefficient (Wildman–Crippen LogP) is 3.12. The van der Waals surface area contributed by atoms with E-state index >= 15 is 0 Å². The zero-order valence-corrected chi connectivity index (χ0v) is 11.9. The molecule has 0 radical (unpaired) electrons. The molecule has 3 rings (SSSR count). The highest BCUT2D eigenvalue weighted by Gasteiger charge is 2.15. The zero-order valence-electron chi connectivity index (χ0n) is 11.9. The van der Waals surface area contributed by atoms with E-state index in [-0.39, 0.29) is 0 Å². The van der Waals surface area contributed by atoms with Gasteiger partial charge >= 0.3 is 0 Å². The molecular formula is C17H21NO2. The van der Waals surface area contributed by atoms with Gasteiger partial charge in [0.2, 0.25) is 0 Å². The number of ether oxygens (including phenoxy) is 2. The second kappa shape index (κ2) is 6.25. The Morgan fingerprint density at radius 1 is 1.25 bits per heavy atom. The molecule has 1 aliphatic rings. The Morgan fingerprint density at radius 2 is 2.15 bits per heavy atom. The van der Waals surface area contributed by atoms with E-state index in [1.165, 1.54) is 22.8 Å². The number of hydrogen-bond acceptors (Lipinski definition) is 3. The summed E-state index contributed by atoms with van der Waals surface area (Å²) in [6.07, 6.45) is 2.33. The maximum Gasteiger partial charge on any atom is 0.123 e. The second-order valence-corrected chi connectivity index (χ2v) is 5.26. The average Bonchev–Trinajstić information content (AvgIpc) is 2.53. The third-order valence-corrected chi connectivity index (χ3v) is 3.95. The summed E-state index contributed by atoms with van der Waals surface area (Å²) in [6, 6.07) is 13.1. The Kier molecular flexibility index (Phi) is 4.19. The summed E-state index contributed by atoms with van der Waals surface area (Å²) in [7, 11) is 1.73. The second-order valence-electron chi connectivity index (χ2n) is 5.26. The van der Waals surface area contributed by atoms with Gasteiger partial charge < -0.3 is 14.8 Å². The van der Waals surface area contributed by atoms with Crippen LogP contribution in [0.2, 0.25) is 0 Å². The molecule has 1 unspecified atom stereocenters. The topological polar surface area (TPSA) is 30.5 Å². The van der Waals surface area contributed by atoms with E-state index in [0.29, 0.717) is 6.04 Å². The fourth-order valence-corrected chi connectivity index (χ4v) is 2.84. The third kappa shape index (κ3) is 2.79. The van der Waals surface area contributed by atoms with Crippen molar-refractivity contribution < 1.29 is 9.47 Å². The number of hydrogen-bond donors (Lipinski definition) is 1. The maximum absolute atomic E-state index is 5.52. The lowest BCUT2D eigenvalue weighted by atomic mass is 10.0. The molecule has 106 valence electrons. The molecule has 3 nitrogen and oxygen atoms in total. The van der Waals surface area contributed by atoms with Crippen molar-refractivity contribution in [2.75, 3.05) is 20.3 Å². The molecule has 0 aromatic heterocycles. The minimum absolute atomic E-state index is 0.451. The summed E-state index contributed by atoms with van der Waals surface area (Å²) >= 11 is 0. The standard InChI is InChI=1S/C17H21NO2/c1-19-17-9-8-13-5-2-3-7-15(13)16(17)11-18-14-6-4-10-20-12-14/h2-3,5,7-9,14,18H,4,6,10-12H2,1H3. The van der Waals surface area contributed by atoms with E-state index in [1.807, 2.05) is 0 Å². The number of benzene rings is 2. The predicted molar refractivity (Wildman–Crippen MR) is 81.2 cm³/mol. The van der Waals surface area contributed by atoms with Gasteiger partial charge in [-0.1, -0.05) is 30.3 Å². The van der Waals surface area contributed by atoms with Gasteiger partial charge in [-0.25, -0.2) is 0 Å². The van der Waals surface area contributed by atoms with Crippen molar-refractivity contribution in [1.29, 1.82) is 0 Å². The first-order valence-electron chi connectivity index (χ1n) is 7.24. The number of methoxy groups -OCH3 is 1. The van der Waals surface area contributed by atoms with Crippen LogP contribution in [0.4, 0.5) is 0 Å². The zero-order chi connectivity index (χ0) is 13.8. The first kappa shape index (κ1) is 13.4. The first-order chi connectivity index (χ1) is 9.88. The third-order valence-electron chi connectivity index (χ3n) is 3.95. The molecule has 2 aromatic carbocycles. The Balaban J connectivity index is 1.84. The molecular weight excluding hydrogens is 250 g/mol. The molecule has 1 heterocycles. The smallest absolute Gasteiger partial charge is 0.123 e. The van der Waals surface area contributed by atoms with Crippen molar-refractivity contribution in [1.82, 2.24) is 5.32 Å². The van der Waals surface area contributed by atoms with E-state index in [2.05, 4.69) is 41.7 Å². The minimum atomic E-state index is 0.451. The van der Waals surface area contributed by atoms with E-state index in [1.54, 1.807) is 7.11 Å².